The Morgan fingerprint density at radius 2 is 2.07 bits per heavy atom. The fourth-order valence-electron chi connectivity index (χ4n) is 1.77. The van der Waals surface area contributed by atoms with E-state index in [9.17, 15) is 4.79 Å². The number of H-pyrrole nitrogens is 1. The molecule has 0 unspecified atom stereocenters. The van der Waals surface area contributed by atoms with Crippen molar-refractivity contribution in [1.29, 1.82) is 0 Å². The molecule has 0 atom stereocenters. The van der Waals surface area contributed by atoms with E-state index < -0.39 is 0 Å². The van der Waals surface area contributed by atoms with Gasteiger partial charge >= 0.3 is 0 Å². The van der Waals surface area contributed by atoms with Crippen LogP contribution in [0.25, 0.3) is 6.08 Å². The first-order valence-corrected chi connectivity index (χ1v) is 4.92. The molecule has 0 aliphatic heterocycles. The summed E-state index contributed by atoms with van der Waals surface area (Å²) in [5.41, 5.74) is 3.05. The number of allylic oxidation sites excluding steroid dienone is 1. The highest BCUT2D eigenvalue weighted by Gasteiger charge is 2.20. The maximum Gasteiger partial charge on any atom is 0.252 e. The van der Waals surface area contributed by atoms with Gasteiger partial charge in [0.25, 0.3) is 5.56 Å². The lowest BCUT2D eigenvalue weighted by molar-refractivity contribution is 0.580. The smallest absolute Gasteiger partial charge is 0.252 e. The van der Waals surface area contributed by atoms with Gasteiger partial charge in [0.2, 0.25) is 0 Å². The Kier molecular flexibility index (Phi) is 1.88. The van der Waals surface area contributed by atoms with Gasteiger partial charge in [0, 0.05) is 11.3 Å². The lowest BCUT2D eigenvalue weighted by atomic mass is 9.87. The van der Waals surface area contributed by atoms with Gasteiger partial charge in [-0.1, -0.05) is 26.8 Å². The molecule has 1 aliphatic rings. The van der Waals surface area contributed by atoms with E-state index in [-0.39, 0.29) is 11.0 Å². The molecule has 0 fully saturated rings. The molecule has 0 aromatic carbocycles. The van der Waals surface area contributed by atoms with Crippen LogP contribution < -0.4 is 5.56 Å². The van der Waals surface area contributed by atoms with Crippen LogP contribution in [0.1, 0.15) is 37.6 Å². The topological polar surface area (TPSA) is 32.9 Å². The maximum atomic E-state index is 11.7. The van der Waals surface area contributed by atoms with Gasteiger partial charge in [-0.25, -0.2) is 0 Å². The van der Waals surface area contributed by atoms with E-state index in [4.69, 9.17) is 0 Å². The molecule has 1 N–H and O–H groups in total. The van der Waals surface area contributed by atoms with Gasteiger partial charge in [0.1, 0.15) is 0 Å². The van der Waals surface area contributed by atoms with E-state index in [0.717, 1.165) is 17.7 Å². The molecule has 2 nitrogen and oxygen atoms in total. The fourth-order valence-corrected chi connectivity index (χ4v) is 1.77. The van der Waals surface area contributed by atoms with E-state index >= 15 is 0 Å². The van der Waals surface area contributed by atoms with Gasteiger partial charge in [-0.2, -0.15) is 0 Å². The normalized spacial score (nSPS) is 14.5. The summed E-state index contributed by atoms with van der Waals surface area (Å²) in [4.78, 5) is 14.7. The number of nitrogens with one attached hydrogen (secondary N) is 1. The predicted octanol–water partition coefficient (Wildman–Crippen LogP) is 2.24. The minimum Gasteiger partial charge on any atom is -0.322 e. The van der Waals surface area contributed by atoms with Crippen LogP contribution in [0.15, 0.2) is 16.9 Å². The second-order valence-corrected chi connectivity index (χ2v) is 4.81. The molecule has 1 heterocycles. The van der Waals surface area contributed by atoms with Gasteiger partial charge in [0.15, 0.2) is 0 Å². The zero-order valence-electron chi connectivity index (χ0n) is 8.85. The van der Waals surface area contributed by atoms with Crippen LogP contribution in [-0.4, -0.2) is 4.98 Å². The number of rotatable bonds is 0. The summed E-state index contributed by atoms with van der Waals surface area (Å²) < 4.78 is 0. The van der Waals surface area contributed by atoms with Gasteiger partial charge in [-0.15, -0.1) is 0 Å². The Labute approximate surface area is 83.7 Å². The van der Waals surface area contributed by atoms with E-state index in [1.165, 1.54) is 5.56 Å². The Balaban J connectivity index is 2.62. The SMILES string of the molecule is CC(C)(C)c1cc2c([nH]c1=O)C=CC2. The number of hydrogen-bond donors (Lipinski definition) is 1. The van der Waals surface area contributed by atoms with Crippen LogP contribution >= 0.6 is 0 Å². The standard InChI is InChI=1S/C12H15NO/c1-12(2,3)9-7-8-5-4-6-10(8)13-11(9)14/h4,6-7H,5H2,1-3H3,(H,13,14). The van der Waals surface area contributed by atoms with Gasteiger partial charge in [0.05, 0.1) is 0 Å². The lowest BCUT2D eigenvalue weighted by Gasteiger charge is -2.18. The van der Waals surface area contributed by atoms with E-state index in [1.807, 2.05) is 12.1 Å². The summed E-state index contributed by atoms with van der Waals surface area (Å²) in [6, 6.07) is 2.04. The highest BCUT2D eigenvalue weighted by molar-refractivity contribution is 5.56. The molecule has 0 radical (unpaired) electrons. The molecule has 74 valence electrons. The average molecular weight is 189 g/mol. The summed E-state index contributed by atoms with van der Waals surface area (Å²) in [7, 11) is 0. The maximum absolute atomic E-state index is 11.7. The number of pyridine rings is 1. The third-order valence-corrected chi connectivity index (χ3v) is 2.59. The second-order valence-electron chi connectivity index (χ2n) is 4.81. The fraction of sp³-hybridized carbons (Fsp3) is 0.417. The molecule has 2 rings (SSSR count). The van der Waals surface area contributed by atoms with Crippen molar-refractivity contribution in [3.63, 3.8) is 0 Å². The third kappa shape index (κ3) is 1.41. The van der Waals surface area contributed by atoms with Crippen molar-refractivity contribution in [2.75, 3.05) is 0 Å². The van der Waals surface area contributed by atoms with Crippen molar-refractivity contribution >= 4 is 6.08 Å². The van der Waals surface area contributed by atoms with E-state index in [1.54, 1.807) is 0 Å². The Morgan fingerprint density at radius 3 is 2.71 bits per heavy atom. The highest BCUT2D eigenvalue weighted by Crippen LogP contribution is 2.23. The molecule has 0 amide bonds. The monoisotopic (exact) mass is 189 g/mol. The van der Waals surface area contributed by atoms with Crippen LogP contribution in [-0.2, 0) is 11.8 Å². The summed E-state index contributed by atoms with van der Waals surface area (Å²) in [6.07, 6.45) is 4.99. The van der Waals surface area contributed by atoms with Gasteiger partial charge in [-0.3, -0.25) is 4.79 Å². The van der Waals surface area contributed by atoms with Crippen molar-refractivity contribution in [2.24, 2.45) is 0 Å². The number of fused-ring (bicyclic) bond motifs is 1. The van der Waals surface area contributed by atoms with E-state index in [0.29, 0.717) is 0 Å². The molecule has 0 spiro atoms. The van der Waals surface area contributed by atoms with Gasteiger partial charge in [-0.05, 0) is 29.5 Å². The molecule has 0 saturated carbocycles. The summed E-state index contributed by atoms with van der Waals surface area (Å²) in [5, 5.41) is 0. The number of aromatic amines is 1. The second kappa shape index (κ2) is 2.84. The third-order valence-electron chi connectivity index (χ3n) is 2.59. The van der Waals surface area contributed by atoms with Crippen molar-refractivity contribution in [3.8, 4) is 0 Å². The summed E-state index contributed by atoms with van der Waals surface area (Å²) >= 11 is 0. The molecule has 1 aromatic heterocycles. The average Bonchev–Trinajstić information content (AvgIpc) is 2.47. The first-order valence-electron chi connectivity index (χ1n) is 4.92. The van der Waals surface area contributed by atoms with Crippen LogP contribution in [0, 0.1) is 0 Å². The Hall–Kier alpha value is -1.31. The van der Waals surface area contributed by atoms with Crippen molar-refractivity contribution in [2.45, 2.75) is 32.6 Å². The molecule has 0 bridgehead atoms. The van der Waals surface area contributed by atoms with Crippen LogP contribution in [0.3, 0.4) is 0 Å². The first-order chi connectivity index (χ1) is 6.48. The van der Waals surface area contributed by atoms with E-state index in [2.05, 4.69) is 31.8 Å². The minimum atomic E-state index is -0.0782. The number of aromatic nitrogens is 1. The first kappa shape index (κ1) is 9.25. The summed E-state index contributed by atoms with van der Waals surface area (Å²) in [5.74, 6) is 0. The minimum absolute atomic E-state index is 0.0443. The lowest BCUT2D eigenvalue weighted by Crippen LogP contribution is -2.25. The molecular formula is C12H15NO. The van der Waals surface area contributed by atoms with Crippen molar-refractivity contribution < 1.29 is 0 Å². The molecule has 2 heteroatoms. The summed E-state index contributed by atoms with van der Waals surface area (Å²) in [6.45, 7) is 6.19. The molecular weight excluding hydrogens is 174 g/mol. The van der Waals surface area contributed by atoms with Crippen LogP contribution in [0.5, 0.6) is 0 Å². The molecule has 1 aliphatic carbocycles. The Morgan fingerprint density at radius 1 is 1.36 bits per heavy atom. The molecule has 1 aromatic rings. The predicted molar refractivity (Wildman–Crippen MR) is 58.5 cm³/mol. The van der Waals surface area contributed by atoms with Crippen molar-refractivity contribution in [3.05, 3.63) is 39.3 Å². The quantitative estimate of drug-likeness (QED) is 0.667. The highest BCUT2D eigenvalue weighted by atomic mass is 16.1. The van der Waals surface area contributed by atoms with Crippen molar-refractivity contribution in [1.82, 2.24) is 4.98 Å². The zero-order chi connectivity index (χ0) is 10.3. The Bertz CT molecular complexity index is 446. The number of hydrogen-bond acceptors (Lipinski definition) is 1. The molecule has 0 saturated heterocycles. The molecule has 14 heavy (non-hydrogen) atoms. The van der Waals surface area contributed by atoms with Gasteiger partial charge < -0.3 is 4.98 Å². The van der Waals surface area contributed by atoms with Crippen LogP contribution in [0.2, 0.25) is 0 Å². The van der Waals surface area contributed by atoms with Crippen LogP contribution in [0.4, 0.5) is 0 Å². The zero-order valence-corrected chi connectivity index (χ0v) is 8.85. The largest absolute Gasteiger partial charge is 0.322 e.